The fourth-order valence-corrected chi connectivity index (χ4v) is 7.60. The van der Waals surface area contributed by atoms with Crippen LogP contribution in [0, 0.1) is 18.3 Å². The Morgan fingerprint density at radius 2 is 2.11 bits per heavy atom. The second-order valence-electron chi connectivity index (χ2n) is 12.1. The first kappa shape index (κ1) is 32.4. The highest BCUT2D eigenvalue weighted by molar-refractivity contribution is 7.18. The number of rotatable bonds is 12. The van der Waals surface area contributed by atoms with Crippen molar-refractivity contribution in [2.24, 2.45) is 0 Å². The predicted octanol–water partition coefficient (Wildman–Crippen LogP) is 7.07. The van der Waals surface area contributed by atoms with Crippen LogP contribution in [0.1, 0.15) is 59.4 Å². The van der Waals surface area contributed by atoms with E-state index in [1.54, 1.807) is 12.3 Å². The zero-order valence-corrected chi connectivity index (χ0v) is 26.8. The molecule has 6 rings (SSSR count). The lowest BCUT2D eigenvalue weighted by molar-refractivity contribution is -0.126. The lowest BCUT2D eigenvalue weighted by atomic mass is 9.91. The van der Waals surface area contributed by atoms with Crippen LogP contribution in [-0.2, 0) is 24.3 Å². The lowest BCUT2D eigenvalue weighted by Crippen LogP contribution is -2.46. The number of hydrogen-bond acceptors (Lipinski definition) is 8. The zero-order valence-electron chi connectivity index (χ0n) is 26.0. The molecule has 2 atom stereocenters. The number of likely N-dealkylation sites (tertiary alicyclic amines) is 1. The summed E-state index contributed by atoms with van der Waals surface area (Å²) in [6, 6.07) is 10.3. The number of alkyl halides is 3. The van der Waals surface area contributed by atoms with Gasteiger partial charge in [-0.2, -0.15) is 23.5 Å². The highest BCUT2D eigenvalue weighted by Crippen LogP contribution is 2.35. The van der Waals surface area contributed by atoms with E-state index in [-0.39, 0.29) is 22.7 Å². The molecule has 47 heavy (non-hydrogen) atoms. The molecule has 1 aliphatic rings. The van der Waals surface area contributed by atoms with Crippen molar-refractivity contribution in [3.63, 3.8) is 0 Å². The molecule has 1 aromatic carbocycles. The number of aromatic nitrogens is 5. The first-order valence-corrected chi connectivity index (χ1v) is 16.4. The Morgan fingerprint density at radius 3 is 2.85 bits per heavy atom. The van der Waals surface area contributed by atoms with E-state index in [4.69, 9.17) is 0 Å². The first-order chi connectivity index (χ1) is 22.6. The van der Waals surface area contributed by atoms with Gasteiger partial charge in [0.1, 0.15) is 28.7 Å². The number of carbonyl (C=O) groups is 1. The molecule has 1 saturated heterocycles. The molecule has 0 amide bonds. The number of aromatic amines is 1. The smallest absolute Gasteiger partial charge is 0.367 e. The second kappa shape index (κ2) is 13.7. The largest absolute Gasteiger partial charge is 0.393 e. The predicted molar refractivity (Wildman–Crippen MR) is 176 cm³/mol. The Bertz CT molecular complexity index is 1940. The van der Waals surface area contributed by atoms with Gasteiger partial charge in [0.05, 0.1) is 24.5 Å². The number of ketones is 1. The summed E-state index contributed by atoms with van der Waals surface area (Å²) < 4.78 is 41.2. The standard InChI is InChI=1S/C34H35F3N8OS/c1-3-27(46)6-4-5-25-11-24(43-32-30-13-28(14-34(35,36)37)47-33(30)40-20-39-32)9-10-44(25)19-23-7-8-31-29(21(23)2)12-26(15-38)45(31)18-22-16-41-42-17-22/h3,7-8,12-13,16-17,20,24-25H,1,4-6,9-11,14,18-19H2,2H3,(H,41,42)(H,39,40,43). The van der Waals surface area contributed by atoms with E-state index in [9.17, 15) is 23.2 Å². The number of fused-ring (bicyclic) bond motifs is 2. The molecule has 1 aliphatic heterocycles. The number of carbonyl (C=O) groups excluding carboxylic acids is 1. The summed E-state index contributed by atoms with van der Waals surface area (Å²) in [6.45, 7) is 7.75. The molecule has 13 heteroatoms. The van der Waals surface area contributed by atoms with E-state index in [0.717, 1.165) is 65.6 Å². The number of piperidine rings is 1. The minimum atomic E-state index is -4.29. The molecule has 0 spiro atoms. The number of allylic oxidation sites excluding steroid dienone is 1. The Morgan fingerprint density at radius 1 is 1.26 bits per heavy atom. The van der Waals surface area contributed by atoms with Gasteiger partial charge in [-0.3, -0.25) is 14.8 Å². The molecule has 4 aromatic heterocycles. The van der Waals surface area contributed by atoms with Gasteiger partial charge in [0.2, 0.25) is 0 Å². The first-order valence-electron chi connectivity index (χ1n) is 15.6. The van der Waals surface area contributed by atoms with Crippen LogP contribution in [0.2, 0.25) is 0 Å². The monoisotopic (exact) mass is 660 g/mol. The number of nitrogens with zero attached hydrogens (tertiary/aromatic N) is 6. The Labute approximate surface area is 274 Å². The van der Waals surface area contributed by atoms with Gasteiger partial charge < -0.3 is 9.88 Å². The van der Waals surface area contributed by atoms with Crippen LogP contribution in [0.3, 0.4) is 0 Å². The lowest BCUT2D eigenvalue weighted by Gasteiger charge is -2.40. The van der Waals surface area contributed by atoms with E-state index in [0.29, 0.717) is 41.2 Å². The van der Waals surface area contributed by atoms with Crippen molar-refractivity contribution in [3.8, 4) is 6.07 Å². The summed E-state index contributed by atoms with van der Waals surface area (Å²) in [6.07, 6.45) is 4.63. The molecule has 5 aromatic rings. The zero-order chi connectivity index (χ0) is 33.1. The number of anilines is 1. The van der Waals surface area contributed by atoms with Crippen molar-refractivity contribution in [1.29, 1.82) is 5.26 Å². The third-order valence-electron chi connectivity index (χ3n) is 8.97. The highest BCUT2D eigenvalue weighted by atomic mass is 32.1. The summed E-state index contributed by atoms with van der Waals surface area (Å²) in [4.78, 5) is 23.8. The van der Waals surface area contributed by atoms with Gasteiger partial charge in [0.15, 0.2) is 5.78 Å². The van der Waals surface area contributed by atoms with Gasteiger partial charge >= 0.3 is 6.18 Å². The fraction of sp³-hybridized carbons (Fsp3) is 0.382. The number of H-pyrrole nitrogens is 1. The average Bonchev–Trinajstić information content (AvgIpc) is 3.78. The van der Waals surface area contributed by atoms with Crippen molar-refractivity contribution in [2.75, 3.05) is 11.9 Å². The molecule has 244 valence electrons. The molecule has 0 saturated carbocycles. The fourth-order valence-electron chi connectivity index (χ4n) is 6.57. The number of aryl methyl sites for hydroxylation is 1. The molecule has 5 heterocycles. The number of hydrogen-bond donors (Lipinski definition) is 2. The average molecular weight is 661 g/mol. The highest BCUT2D eigenvalue weighted by Gasteiger charge is 2.31. The SMILES string of the molecule is C=CC(=O)CCCC1CC(Nc2ncnc3sc(CC(F)(F)F)cc23)CCN1Cc1ccc2c(cc(C#N)n2Cc2cn[nH]c2)c1C. The van der Waals surface area contributed by atoms with Gasteiger partial charge in [0, 0.05) is 59.1 Å². The molecule has 9 nitrogen and oxygen atoms in total. The van der Waals surface area contributed by atoms with Gasteiger partial charge in [0.25, 0.3) is 0 Å². The van der Waals surface area contributed by atoms with Crippen LogP contribution in [-0.4, -0.2) is 60.2 Å². The minimum absolute atomic E-state index is 0.0204. The third-order valence-corrected chi connectivity index (χ3v) is 10.0. The maximum Gasteiger partial charge on any atom is 0.393 e. The Balaban J connectivity index is 1.21. The van der Waals surface area contributed by atoms with E-state index in [1.807, 2.05) is 16.8 Å². The van der Waals surface area contributed by atoms with Crippen LogP contribution in [0.4, 0.5) is 19.0 Å². The maximum atomic E-state index is 13.1. The van der Waals surface area contributed by atoms with Crippen molar-refractivity contribution in [1.82, 2.24) is 29.6 Å². The molecule has 1 fully saturated rings. The van der Waals surface area contributed by atoms with Crippen molar-refractivity contribution in [2.45, 2.75) is 76.8 Å². The molecule has 2 unspecified atom stereocenters. The molecular weight excluding hydrogens is 625 g/mol. The number of halogens is 3. The molecular formula is C34H35F3N8OS. The van der Waals surface area contributed by atoms with Crippen molar-refractivity contribution >= 4 is 44.1 Å². The summed E-state index contributed by atoms with van der Waals surface area (Å²) >= 11 is 1.04. The van der Waals surface area contributed by atoms with Crippen LogP contribution >= 0.6 is 11.3 Å². The number of benzene rings is 1. The van der Waals surface area contributed by atoms with Crippen molar-refractivity contribution < 1.29 is 18.0 Å². The van der Waals surface area contributed by atoms with Crippen LogP contribution < -0.4 is 5.32 Å². The quantitative estimate of drug-likeness (QED) is 0.138. The van der Waals surface area contributed by atoms with Gasteiger partial charge in [-0.15, -0.1) is 11.3 Å². The number of nitrogens with one attached hydrogen (secondary N) is 2. The summed E-state index contributed by atoms with van der Waals surface area (Å²) in [7, 11) is 0. The van der Waals surface area contributed by atoms with Crippen LogP contribution in [0.15, 0.2) is 55.6 Å². The van der Waals surface area contributed by atoms with E-state index < -0.39 is 12.6 Å². The summed E-state index contributed by atoms with van der Waals surface area (Å²) in [5.74, 6) is 0.570. The molecule has 0 bridgehead atoms. The molecule has 0 radical (unpaired) electrons. The van der Waals surface area contributed by atoms with Crippen LogP contribution in [0.5, 0.6) is 0 Å². The van der Waals surface area contributed by atoms with Gasteiger partial charge in [-0.1, -0.05) is 12.6 Å². The molecule has 2 N–H and O–H groups in total. The summed E-state index contributed by atoms with van der Waals surface area (Å²) in [5, 5.41) is 21.9. The molecule has 0 aliphatic carbocycles. The number of thiophene rings is 1. The third kappa shape index (κ3) is 7.39. The van der Waals surface area contributed by atoms with Gasteiger partial charge in [-0.25, -0.2) is 9.97 Å². The van der Waals surface area contributed by atoms with Crippen LogP contribution in [0.25, 0.3) is 21.1 Å². The van der Waals surface area contributed by atoms with E-state index >= 15 is 0 Å². The Kier molecular flexibility index (Phi) is 9.42. The van der Waals surface area contributed by atoms with E-state index in [2.05, 4.69) is 62.1 Å². The topological polar surface area (TPSA) is 116 Å². The van der Waals surface area contributed by atoms with Gasteiger partial charge in [-0.05, 0) is 68.0 Å². The Hall–Kier alpha value is -4.54. The van der Waals surface area contributed by atoms with E-state index in [1.165, 1.54) is 18.0 Å². The minimum Gasteiger partial charge on any atom is -0.367 e. The maximum absolute atomic E-state index is 13.1. The van der Waals surface area contributed by atoms with Crippen molar-refractivity contribution in [3.05, 3.63) is 82.9 Å². The second-order valence-corrected chi connectivity index (χ2v) is 13.2. The number of nitriles is 1. The summed E-state index contributed by atoms with van der Waals surface area (Å²) in [5.41, 5.74) is 4.87. The normalized spacial score (nSPS) is 17.3.